The second-order valence-corrected chi connectivity index (χ2v) is 2.86. The highest BCUT2D eigenvalue weighted by atomic mass is 35.5. The van der Waals surface area contributed by atoms with E-state index in [4.69, 9.17) is 16.3 Å². The van der Waals surface area contributed by atoms with Gasteiger partial charge in [0.15, 0.2) is 0 Å². The van der Waals surface area contributed by atoms with Crippen LogP contribution in [0.1, 0.15) is 6.92 Å². The topological polar surface area (TPSA) is 34.1 Å². The molecule has 0 bridgehead atoms. The number of pyridine rings is 1. The SMILES string of the molecule is CCOCCNc1ncccc1Cl. The fourth-order valence-corrected chi connectivity index (χ4v) is 1.09. The Bertz CT molecular complexity index is 255. The number of nitrogens with one attached hydrogen (secondary N) is 1. The third-order valence-electron chi connectivity index (χ3n) is 1.50. The Hall–Kier alpha value is -0.800. The van der Waals surface area contributed by atoms with E-state index in [2.05, 4.69) is 10.3 Å². The molecule has 0 aromatic carbocycles. The van der Waals surface area contributed by atoms with Crippen LogP contribution in [0.15, 0.2) is 18.3 Å². The van der Waals surface area contributed by atoms with Crippen molar-refractivity contribution in [1.82, 2.24) is 4.98 Å². The minimum Gasteiger partial charge on any atom is -0.380 e. The van der Waals surface area contributed by atoms with E-state index < -0.39 is 0 Å². The van der Waals surface area contributed by atoms with Gasteiger partial charge in [0, 0.05) is 19.3 Å². The third-order valence-corrected chi connectivity index (χ3v) is 1.81. The highest BCUT2D eigenvalue weighted by Gasteiger charge is 1.97. The van der Waals surface area contributed by atoms with Gasteiger partial charge in [-0.25, -0.2) is 4.98 Å². The monoisotopic (exact) mass is 200 g/mol. The number of halogens is 1. The second-order valence-electron chi connectivity index (χ2n) is 2.46. The molecule has 1 N–H and O–H groups in total. The maximum atomic E-state index is 5.87. The quantitative estimate of drug-likeness (QED) is 0.740. The second kappa shape index (κ2) is 5.78. The molecule has 1 aromatic rings. The van der Waals surface area contributed by atoms with Gasteiger partial charge < -0.3 is 10.1 Å². The number of anilines is 1. The largest absolute Gasteiger partial charge is 0.380 e. The fourth-order valence-electron chi connectivity index (χ4n) is 0.902. The molecule has 1 aromatic heterocycles. The van der Waals surface area contributed by atoms with Crippen molar-refractivity contribution in [3.63, 3.8) is 0 Å². The molecule has 0 aliphatic carbocycles. The summed E-state index contributed by atoms with van der Waals surface area (Å²) < 4.78 is 5.16. The van der Waals surface area contributed by atoms with Crippen molar-refractivity contribution in [2.45, 2.75) is 6.92 Å². The highest BCUT2D eigenvalue weighted by Crippen LogP contribution is 2.16. The van der Waals surface area contributed by atoms with Crippen molar-refractivity contribution in [1.29, 1.82) is 0 Å². The number of aromatic nitrogens is 1. The molecule has 0 aliphatic heterocycles. The molecule has 0 fully saturated rings. The zero-order valence-corrected chi connectivity index (χ0v) is 8.34. The number of rotatable bonds is 5. The maximum absolute atomic E-state index is 5.87. The van der Waals surface area contributed by atoms with Crippen molar-refractivity contribution in [2.24, 2.45) is 0 Å². The zero-order valence-electron chi connectivity index (χ0n) is 7.59. The van der Waals surface area contributed by atoms with Crippen molar-refractivity contribution >= 4 is 17.4 Å². The zero-order chi connectivity index (χ0) is 9.52. The van der Waals surface area contributed by atoms with Crippen LogP contribution < -0.4 is 5.32 Å². The molecule has 13 heavy (non-hydrogen) atoms. The van der Waals surface area contributed by atoms with Crippen molar-refractivity contribution in [3.8, 4) is 0 Å². The van der Waals surface area contributed by atoms with Gasteiger partial charge in [-0.05, 0) is 19.1 Å². The molecule has 0 atom stereocenters. The standard InChI is InChI=1S/C9H13ClN2O/c1-2-13-7-6-12-9-8(10)4-3-5-11-9/h3-5H,2,6-7H2,1H3,(H,11,12). The predicted octanol–water partition coefficient (Wildman–Crippen LogP) is 2.18. The summed E-state index contributed by atoms with van der Waals surface area (Å²) in [5, 5.41) is 3.72. The lowest BCUT2D eigenvalue weighted by Gasteiger charge is -2.06. The van der Waals surface area contributed by atoms with Crippen LogP contribution in [0.4, 0.5) is 5.82 Å². The summed E-state index contributed by atoms with van der Waals surface area (Å²) in [6.45, 7) is 4.10. The maximum Gasteiger partial charge on any atom is 0.144 e. The van der Waals surface area contributed by atoms with Gasteiger partial charge in [-0.2, -0.15) is 0 Å². The molecule has 3 nitrogen and oxygen atoms in total. The lowest BCUT2D eigenvalue weighted by molar-refractivity contribution is 0.158. The van der Waals surface area contributed by atoms with E-state index in [0.29, 0.717) is 17.4 Å². The van der Waals surface area contributed by atoms with Gasteiger partial charge in [0.2, 0.25) is 0 Å². The van der Waals surface area contributed by atoms with E-state index in [9.17, 15) is 0 Å². The first-order chi connectivity index (χ1) is 6.34. The third kappa shape index (κ3) is 3.61. The van der Waals surface area contributed by atoms with Gasteiger partial charge in [-0.15, -0.1) is 0 Å². The number of nitrogens with zero attached hydrogens (tertiary/aromatic N) is 1. The van der Waals surface area contributed by atoms with E-state index in [1.165, 1.54) is 0 Å². The number of ether oxygens (including phenoxy) is 1. The van der Waals surface area contributed by atoms with Crippen LogP contribution in [0.3, 0.4) is 0 Å². The molecular weight excluding hydrogens is 188 g/mol. The average Bonchev–Trinajstić information content (AvgIpc) is 2.15. The Morgan fingerprint density at radius 2 is 2.46 bits per heavy atom. The van der Waals surface area contributed by atoms with Crippen LogP contribution in [-0.4, -0.2) is 24.7 Å². The summed E-state index contributed by atoms with van der Waals surface area (Å²) in [5.74, 6) is 0.712. The summed E-state index contributed by atoms with van der Waals surface area (Å²) in [6, 6.07) is 3.60. The van der Waals surface area contributed by atoms with Crippen molar-refractivity contribution in [2.75, 3.05) is 25.1 Å². The van der Waals surface area contributed by atoms with Crippen molar-refractivity contribution in [3.05, 3.63) is 23.4 Å². The van der Waals surface area contributed by atoms with Crippen molar-refractivity contribution < 1.29 is 4.74 Å². The van der Waals surface area contributed by atoms with E-state index in [1.807, 2.05) is 6.92 Å². The molecule has 0 aliphatic rings. The van der Waals surface area contributed by atoms with E-state index >= 15 is 0 Å². The number of hydrogen-bond donors (Lipinski definition) is 1. The fraction of sp³-hybridized carbons (Fsp3) is 0.444. The summed E-state index contributed by atoms with van der Waals surface area (Å²) >= 11 is 5.87. The van der Waals surface area contributed by atoms with Crippen LogP contribution in [0.5, 0.6) is 0 Å². The van der Waals surface area contributed by atoms with Crippen LogP contribution in [0.2, 0.25) is 5.02 Å². The van der Waals surface area contributed by atoms with Crippen LogP contribution in [0, 0.1) is 0 Å². The Labute approximate surface area is 83.1 Å². The Morgan fingerprint density at radius 1 is 1.62 bits per heavy atom. The molecular formula is C9H13ClN2O. The van der Waals surface area contributed by atoms with Gasteiger partial charge in [0.1, 0.15) is 5.82 Å². The normalized spacial score (nSPS) is 10.0. The van der Waals surface area contributed by atoms with Crippen LogP contribution in [-0.2, 0) is 4.74 Å². The lowest BCUT2D eigenvalue weighted by atomic mass is 10.4. The predicted molar refractivity (Wildman–Crippen MR) is 54.2 cm³/mol. The molecule has 0 radical (unpaired) electrons. The van der Waals surface area contributed by atoms with Gasteiger partial charge in [-0.3, -0.25) is 0 Å². The Morgan fingerprint density at radius 3 is 3.15 bits per heavy atom. The first kappa shape index (κ1) is 10.3. The molecule has 1 rings (SSSR count). The average molecular weight is 201 g/mol. The molecule has 0 unspecified atom stereocenters. The summed E-state index contributed by atoms with van der Waals surface area (Å²) in [5.41, 5.74) is 0. The Kier molecular flexibility index (Phi) is 4.57. The van der Waals surface area contributed by atoms with Gasteiger partial charge in [0.05, 0.1) is 11.6 Å². The van der Waals surface area contributed by atoms with E-state index in [1.54, 1.807) is 18.3 Å². The molecule has 0 saturated heterocycles. The molecule has 0 saturated carbocycles. The first-order valence-corrected chi connectivity index (χ1v) is 4.64. The first-order valence-electron chi connectivity index (χ1n) is 4.26. The van der Waals surface area contributed by atoms with Crippen LogP contribution in [0.25, 0.3) is 0 Å². The van der Waals surface area contributed by atoms with Gasteiger partial charge in [0.25, 0.3) is 0 Å². The highest BCUT2D eigenvalue weighted by molar-refractivity contribution is 6.32. The summed E-state index contributed by atoms with van der Waals surface area (Å²) in [7, 11) is 0. The van der Waals surface area contributed by atoms with Crippen LogP contribution >= 0.6 is 11.6 Å². The van der Waals surface area contributed by atoms with Gasteiger partial charge >= 0.3 is 0 Å². The van der Waals surface area contributed by atoms with E-state index in [0.717, 1.165) is 13.2 Å². The summed E-state index contributed by atoms with van der Waals surface area (Å²) in [6.07, 6.45) is 1.70. The van der Waals surface area contributed by atoms with Gasteiger partial charge in [-0.1, -0.05) is 11.6 Å². The van der Waals surface area contributed by atoms with E-state index in [-0.39, 0.29) is 0 Å². The summed E-state index contributed by atoms with van der Waals surface area (Å²) in [4.78, 5) is 4.08. The molecule has 0 spiro atoms. The molecule has 0 amide bonds. The molecule has 4 heteroatoms. The lowest BCUT2D eigenvalue weighted by Crippen LogP contribution is -2.10. The minimum absolute atomic E-state index is 0.638. The smallest absolute Gasteiger partial charge is 0.144 e. The molecule has 1 heterocycles. The molecule has 72 valence electrons. The minimum atomic E-state index is 0.638. The number of hydrogen-bond acceptors (Lipinski definition) is 3. The Balaban J connectivity index is 2.32.